The van der Waals surface area contributed by atoms with Crippen molar-refractivity contribution in [1.82, 2.24) is 0 Å². The predicted molar refractivity (Wildman–Crippen MR) is 73.4 cm³/mol. The van der Waals surface area contributed by atoms with Gasteiger partial charge in [-0.25, -0.2) is 0 Å². The molecule has 0 saturated heterocycles. The summed E-state index contributed by atoms with van der Waals surface area (Å²) in [7, 11) is 1.62. The Morgan fingerprint density at radius 2 is 2.17 bits per heavy atom. The van der Waals surface area contributed by atoms with Crippen LogP contribution >= 0.6 is 11.3 Å². The largest absolute Gasteiger partial charge is 0.486 e. The van der Waals surface area contributed by atoms with E-state index in [1.54, 1.807) is 7.11 Å². The average molecular weight is 273 g/mol. The van der Waals surface area contributed by atoms with Gasteiger partial charge in [0.15, 0.2) is 5.75 Å². The molecule has 0 fully saturated rings. The number of primary amides is 1. The zero-order valence-corrected chi connectivity index (χ0v) is 11.6. The summed E-state index contributed by atoms with van der Waals surface area (Å²) in [6.07, 6.45) is -0.0365. The first kappa shape index (κ1) is 14.6. The maximum Gasteiger partial charge on any atom is 0.261 e. The molecule has 0 unspecified atom stereocenters. The highest BCUT2D eigenvalue weighted by Crippen LogP contribution is 2.42. The van der Waals surface area contributed by atoms with Crippen molar-refractivity contribution < 1.29 is 14.3 Å². The Labute approximate surface area is 110 Å². The molecule has 0 radical (unpaired) electrons. The smallest absolute Gasteiger partial charge is 0.261 e. The van der Waals surface area contributed by atoms with Gasteiger partial charge in [0, 0.05) is 13.7 Å². The van der Waals surface area contributed by atoms with Crippen LogP contribution in [0.3, 0.4) is 0 Å². The quantitative estimate of drug-likeness (QED) is 0.650. The first-order valence-electron chi connectivity index (χ1n) is 5.58. The van der Waals surface area contributed by atoms with Crippen molar-refractivity contribution in [2.45, 2.75) is 20.0 Å². The molecule has 0 saturated carbocycles. The third-order valence-electron chi connectivity index (χ3n) is 2.07. The van der Waals surface area contributed by atoms with E-state index >= 15 is 0 Å². The van der Waals surface area contributed by atoms with E-state index in [2.05, 4.69) is 5.32 Å². The zero-order valence-electron chi connectivity index (χ0n) is 10.8. The third kappa shape index (κ3) is 3.51. The first-order valence-corrected chi connectivity index (χ1v) is 6.40. The number of anilines is 2. The molecule has 0 aliphatic carbocycles. The van der Waals surface area contributed by atoms with Crippen molar-refractivity contribution in [2.24, 2.45) is 5.73 Å². The van der Waals surface area contributed by atoms with Crippen LogP contribution in [0.25, 0.3) is 0 Å². The number of carbonyl (C=O) groups is 1. The van der Waals surface area contributed by atoms with Gasteiger partial charge in [0.1, 0.15) is 15.6 Å². The van der Waals surface area contributed by atoms with Crippen LogP contribution in [-0.2, 0) is 4.74 Å². The van der Waals surface area contributed by atoms with Crippen LogP contribution in [0.5, 0.6) is 5.75 Å². The molecule has 102 valence electrons. The van der Waals surface area contributed by atoms with Gasteiger partial charge in [-0.1, -0.05) is 0 Å². The number of methoxy groups -OCH3 is 1. The fourth-order valence-electron chi connectivity index (χ4n) is 1.35. The molecule has 1 rings (SSSR count). The summed E-state index contributed by atoms with van der Waals surface area (Å²) < 4.78 is 10.6. The summed E-state index contributed by atoms with van der Waals surface area (Å²) in [5, 5.41) is 3.82. The van der Waals surface area contributed by atoms with Gasteiger partial charge in [0.2, 0.25) is 0 Å². The minimum atomic E-state index is -0.550. The standard InChI is InChI=1S/C11H19N3O3S/c1-6(2)17-8-7(12)9(10(13)15)18-11(8)14-4-5-16-3/h6,14H,4-5,12H2,1-3H3,(H2,13,15). The molecule has 0 aromatic carbocycles. The van der Waals surface area contributed by atoms with Crippen molar-refractivity contribution in [3.8, 4) is 5.75 Å². The summed E-state index contributed by atoms with van der Waals surface area (Å²) in [5.74, 6) is -0.0641. The molecule has 6 nitrogen and oxygen atoms in total. The Bertz CT molecular complexity index is 418. The van der Waals surface area contributed by atoms with Crippen LogP contribution < -0.4 is 21.5 Å². The Kier molecular flexibility index (Phi) is 5.24. The molecule has 1 aromatic heterocycles. The lowest BCUT2D eigenvalue weighted by molar-refractivity contribution is 0.100. The van der Waals surface area contributed by atoms with Crippen molar-refractivity contribution in [2.75, 3.05) is 31.3 Å². The number of carbonyl (C=O) groups excluding carboxylic acids is 1. The number of hydrogen-bond donors (Lipinski definition) is 3. The number of nitrogens with two attached hydrogens (primary N) is 2. The first-order chi connectivity index (χ1) is 8.47. The fraction of sp³-hybridized carbons (Fsp3) is 0.545. The van der Waals surface area contributed by atoms with E-state index < -0.39 is 5.91 Å². The molecule has 1 amide bonds. The highest BCUT2D eigenvalue weighted by atomic mass is 32.1. The Morgan fingerprint density at radius 3 is 2.67 bits per heavy atom. The molecule has 0 aliphatic heterocycles. The number of hydrogen-bond acceptors (Lipinski definition) is 6. The van der Waals surface area contributed by atoms with Gasteiger partial charge in [-0.3, -0.25) is 4.79 Å². The maximum atomic E-state index is 11.2. The molecule has 5 N–H and O–H groups in total. The van der Waals surface area contributed by atoms with Gasteiger partial charge in [-0.05, 0) is 13.8 Å². The molecular weight excluding hydrogens is 254 g/mol. The number of nitrogen functional groups attached to an aromatic ring is 1. The van der Waals surface area contributed by atoms with Crippen LogP contribution in [0, 0.1) is 0 Å². The Hall–Kier alpha value is -1.47. The van der Waals surface area contributed by atoms with Crippen molar-refractivity contribution >= 4 is 27.9 Å². The SMILES string of the molecule is COCCNc1sc(C(N)=O)c(N)c1OC(C)C. The fourth-order valence-corrected chi connectivity index (χ4v) is 2.28. The van der Waals surface area contributed by atoms with Crippen LogP contribution in [-0.4, -0.2) is 32.3 Å². The normalized spacial score (nSPS) is 10.7. The summed E-state index contributed by atoms with van der Waals surface area (Å²) in [4.78, 5) is 11.6. The monoisotopic (exact) mass is 273 g/mol. The molecular formula is C11H19N3O3S. The van der Waals surface area contributed by atoms with Crippen LogP contribution in [0.4, 0.5) is 10.7 Å². The number of rotatable bonds is 7. The number of ether oxygens (including phenoxy) is 2. The number of amides is 1. The van der Waals surface area contributed by atoms with Gasteiger partial charge in [-0.15, -0.1) is 11.3 Å². The van der Waals surface area contributed by atoms with Crippen molar-refractivity contribution in [3.63, 3.8) is 0 Å². The second kappa shape index (κ2) is 6.46. The number of thiophene rings is 1. The lowest BCUT2D eigenvalue weighted by atomic mass is 10.3. The van der Waals surface area contributed by atoms with Crippen LogP contribution in [0.2, 0.25) is 0 Å². The van der Waals surface area contributed by atoms with Gasteiger partial charge in [0.05, 0.1) is 12.7 Å². The minimum Gasteiger partial charge on any atom is -0.486 e. The van der Waals surface area contributed by atoms with Crippen molar-refractivity contribution in [3.05, 3.63) is 4.88 Å². The van der Waals surface area contributed by atoms with Crippen molar-refractivity contribution in [1.29, 1.82) is 0 Å². The Balaban J connectivity index is 2.97. The molecule has 1 aromatic rings. The lowest BCUT2D eigenvalue weighted by Gasteiger charge is -2.12. The minimum absolute atomic E-state index is 0.0365. The molecule has 0 aliphatic rings. The van der Waals surface area contributed by atoms with E-state index in [1.165, 1.54) is 11.3 Å². The highest BCUT2D eigenvalue weighted by molar-refractivity contribution is 7.19. The van der Waals surface area contributed by atoms with E-state index in [4.69, 9.17) is 20.9 Å². The summed E-state index contributed by atoms with van der Waals surface area (Å²) in [6, 6.07) is 0. The van der Waals surface area contributed by atoms with E-state index in [0.717, 1.165) is 0 Å². The van der Waals surface area contributed by atoms with E-state index in [9.17, 15) is 4.79 Å². The second-order valence-electron chi connectivity index (χ2n) is 3.95. The summed E-state index contributed by atoms with van der Waals surface area (Å²) in [6.45, 7) is 4.92. The topological polar surface area (TPSA) is 99.6 Å². The second-order valence-corrected chi connectivity index (χ2v) is 4.97. The van der Waals surface area contributed by atoms with Gasteiger partial charge >= 0.3 is 0 Å². The van der Waals surface area contributed by atoms with Crippen LogP contribution in [0.15, 0.2) is 0 Å². The molecule has 7 heteroatoms. The molecule has 0 atom stereocenters. The van der Waals surface area contributed by atoms with E-state index in [0.29, 0.717) is 34.5 Å². The third-order valence-corrected chi connectivity index (χ3v) is 3.23. The lowest BCUT2D eigenvalue weighted by Crippen LogP contribution is -2.12. The molecule has 18 heavy (non-hydrogen) atoms. The number of nitrogens with one attached hydrogen (secondary N) is 1. The van der Waals surface area contributed by atoms with Gasteiger partial charge < -0.3 is 26.3 Å². The van der Waals surface area contributed by atoms with Gasteiger partial charge in [-0.2, -0.15) is 0 Å². The highest BCUT2D eigenvalue weighted by Gasteiger charge is 2.21. The molecule has 1 heterocycles. The average Bonchev–Trinajstić information content (AvgIpc) is 2.57. The van der Waals surface area contributed by atoms with Gasteiger partial charge in [0.25, 0.3) is 5.91 Å². The molecule has 0 spiro atoms. The summed E-state index contributed by atoms with van der Waals surface area (Å²) in [5.41, 5.74) is 11.4. The van der Waals surface area contributed by atoms with E-state index in [1.807, 2.05) is 13.8 Å². The van der Waals surface area contributed by atoms with E-state index in [-0.39, 0.29) is 6.10 Å². The molecule has 0 bridgehead atoms. The summed E-state index contributed by atoms with van der Waals surface area (Å²) >= 11 is 1.20. The van der Waals surface area contributed by atoms with Crippen LogP contribution in [0.1, 0.15) is 23.5 Å². The Morgan fingerprint density at radius 1 is 1.50 bits per heavy atom. The zero-order chi connectivity index (χ0) is 13.7. The maximum absolute atomic E-state index is 11.2. The predicted octanol–water partition coefficient (Wildman–Crippen LogP) is 1.27.